The van der Waals surface area contributed by atoms with Gasteiger partial charge in [0.25, 0.3) is 0 Å². The molecule has 0 saturated carbocycles. The molecule has 1 aliphatic rings. The first kappa shape index (κ1) is 17.7. The fourth-order valence-corrected chi connectivity index (χ4v) is 3.57. The zero-order valence-electron chi connectivity index (χ0n) is 13.9. The summed E-state index contributed by atoms with van der Waals surface area (Å²) in [5.41, 5.74) is 0.896. The molecular formula is C17H24N2O3S. The third-order valence-electron chi connectivity index (χ3n) is 3.68. The molecule has 1 unspecified atom stereocenters. The van der Waals surface area contributed by atoms with Crippen molar-refractivity contribution in [2.75, 3.05) is 25.3 Å². The molecule has 23 heavy (non-hydrogen) atoms. The van der Waals surface area contributed by atoms with Gasteiger partial charge in [0.05, 0.1) is 19.4 Å². The van der Waals surface area contributed by atoms with Crippen LogP contribution < -0.4 is 10.1 Å². The molecule has 0 aliphatic carbocycles. The highest BCUT2D eigenvalue weighted by Crippen LogP contribution is 2.23. The predicted octanol–water partition coefficient (Wildman–Crippen LogP) is 1.91. The number of methoxy groups -OCH3 is 1. The van der Waals surface area contributed by atoms with Crippen molar-refractivity contribution in [1.29, 1.82) is 0 Å². The van der Waals surface area contributed by atoms with E-state index < -0.39 is 0 Å². The van der Waals surface area contributed by atoms with E-state index in [9.17, 15) is 9.59 Å². The lowest BCUT2D eigenvalue weighted by Crippen LogP contribution is -2.48. The quantitative estimate of drug-likeness (QED) is 0.862. The van der Waals surface area contributed by atoms with E-state index in [1.54, 1.807) is 23.8 Å². The van der Waals surface area contributed by atoms with Crippen molar-refractivity contribution in [2.45, 2.75) is 26.3 Å². The van der Waals surface area contributed by atoms with Gasteiger partial charge in [-0.2, -0.15) is 0 Å². The minimum atomic E-state index is -0.364. The molecule has 0 bridgehead atoms. The van der Waals surface area contributed by atoms with Crippen molar-refractivity contribution in [3.8, 4) is 5.75 Å². The highest BCUT2D eigenvalue weighted by atomic mass is 32.2. The lowest BCUT2D eigenvalue weighted by molar-refractivity contribution is -0.137. The minimum Gasteiger partial charge on any atom is -0.497 e. The maximum Gasteiger partial charge on any atom is 0.243 e. The van der Waals surface area contributed by atoms with Crippen molar-refractivity contribution < 1.29 is 14.3 Å². The van der Waals surface area contributed by atoms with E-state index >= 15 is 0 Å². The van der Waals surface area contributed by atoms with E-state index in [0.29, 0.717) is 24.1 Å². The molecule has 1 aliphatic heterocycles. The van der Waals surface area contributed by atoms with Crippen LogP contribution in [0.1, 0.15) is 19.4 Å². The number of carbonyl (C=O) groups excluding carboxylic acids is 2. The van der Waals surface area contributed by atoms with Crippen LogP contribution in [0.2, 0.25) is 0 Å². The molecule has 1 aromatic carbocycles. The summed E-state index contributed by atoms with van der Waals surface area (Å²) in [5, 5.41) is 2.92. The number of carbonyl (C=O) groups is 2. The molecule has 1 aromatic rings. The molecule has 2 amide bonds. The average Bonchev–Trinajstić information content (AvgIpc) is 3.02. The Kier molecular flexibility index (Phi) is 6.33. The van der Waals surface area contributed by atoms with Gasteiger partial charge >= 0.3 is 0 Å². The van der Waals surface area contributed by atoms with Gasteiger partial charge in [-0.25, -0.2) is 0 Å². The highest BCUT2D eigenvalue weighted by molar-refractivity contribution is 7.99. The maximum atomic E-state index is 12.6. The predicted molar refractivity (Wildman–Crippen MR) is 92.5 cm³/mol. The molecule has 126 valence electrons. The number of thioether (sulfide) groups is 1. The Hall–Kier alpha value is -1.69. The molecule has 5 nitrogen and oxygen atoms in total. The van der Waals surface area contributed by atoms with E-state index in [1.165, 1.54) is 0 Å². The lowest BCUT2D eigenvalue weighted by Gasteiger charge is -2.23. The highest BCUT2D eigenvalue weighted by Gasteiger charge is 2.34. The van der Waals surface area contributed by atoms with Crippen LogP contribution in [0.15, 0.2) is 24.3 Å². The number of hydrogen-bond acceptors (Lipinski definition) is 4. The molecule has 2 rings (SSSR count). The van der Waals surface area contributed by atoms with E-state index in [2.05, 4.69) is 19.2 Å². The fourth-order valence-electron chi connectivity index (χ4n) is 2.39. The molecule has 0 radical (unpaired) electrons. The zero-order valence-corrected chi connectivity index (χ0v) is 14.7. The summed E-state index contributed by atoms with van der Waals surface area (Å²) in [5.74, 6) is 2.29. The van der Waals surface area contributed by atoms with Crippen LogP contribution in [0.3, 0.4) is 0 Å². The Morgan fingerprint density at radius 3 is 2.91 bits per heavy atom. The summed E-state index contributed by atoms with van der Waals surface area (Å²) in [4.78, 5) is 26.5. The van der Waals surface area contributed by atoms with Gasteiger partial charge in [0.1, 0.15) is 11.8 Å². The normalized spacial score (nSPS) is 17.4. The molecule has 1 N–H and O–H groups in total. The Morgan fingerprint density at radius 1 is 1.43 bits per heavy atom. The van der Waals surface area contributed by atoms with Crippen LogP contribution in [-0.2, 0) is 16.0 Å². The van der Waals surface area contributed by atoms with Crippen LogP contribution in [0, 0.1) is 5.92 Å². The van der Waals surface area contributed by atoms with Crippen molar-refractivity contribution in [2.24, 2.45) is 5.92 Å². The Bertz CT molecular complexity index is 563. The molecule has 0 aromatic heterocycles. The minimum absolute atomic E-state index is 0.0204. The summed E-state index contributed by atoms with van der Waals surface area (Å²) < 4.78 is 5.18. The zero-order chi connectivity index (χ0) is 16.8. The maximum absolute atomic E-state index is 12.6. The topological polar surface area (TPSA) is 58.6 Å². The molecule has 0 spiro atoms. The van der Waals surface area contributed by atoms with E-state index in [1.807, 2.05) is 24.3 Å². The van der Waals surface area contributed by atoms with Crippen molar-refractivity contribution in [3.05, 3.63) is 29.8 Å². The number of benzene rings is 1. The number of amides is 2. The smallest absolute Gasteiger partial charge is 0.243 e. The van der Waals surface area contributed by atoms with Crippen LogP contribution in [0.25, 0.3) is 0 Å². The van der Waals surface area contributed by atoms with Gasteiger partial charge in [-0.15, -0.1) is 11.8 Å². The Labute approximate surface area is 141 Å². The number of rotatable bonds is 6. The third kappa shape index (κ3) is 4.89. The first-order valence-electron chi connectivity index (χ1n) is 7.79. The lowest BCUT2D eigenvalue weighted by atomic mass is 10.1. The van der Waals surface area contributed by atoms with Gasteiger partial charge in [-0.05, 0) is 23.6 Å². The fraction of sp³-hybridized carbons (Fsp3) is 0.529. The first-order valence-corrected chi connectivity index (χ1v) is 8.94. The summed E-state index contributed by atoms with van der Waals surface area (Å²) in [6.07, 6.45) is 0.283. The van der Waals surface area contributed by atoms with Gasteiger partial charge < -0.3 is 15.0 Å². The van der Waals surface area contributed by atoms with Gasteiger partial charge in [-0.1, -0.05) is 26.0 Å². The van der Waals surface area contributed by atoms with Gasteiger partial charge in [0, 0.05) is 12.3 Å². The Morgan fingerprint density at radius 2 is 2.22 bits per heavy atom. The molecule has 1 fully saturated rings. The number of nitrogens with zero attached hydrogens (tertiary/aromatic N) is 1. The summed E-state index contributed by atoms with van der Waals surface area (Å²) in [7, 11) is 1.60. The molecule has 6 heteroatoms. The Balaban J connectivity index is 1.98. The molecule has 1 saturated heterocycles. The standard InChI is InChI=1S/C17H24N2O3S/c1-12(2)9-18-17(21)15-10-23-11-19(15)16(20)8-13-5-4-6-14(7-13)22-3/h4-7,12,15H,8-11H2,1-3H3,(H,18,21). The van der Waals surface area contributed by atoms with Gasteiger partial charge in [0.15, 0.2) is 0 Å². The second-order valence-corrected chi connectivity index (χ2v) is 7.05. The second kappa shape index (κ2) is 8.24. The SMILES string of the molecule is COc1cccc(CC(=O)N2CSCC2C(=O)NCC(C)C)c1. The first-order chi connectivity index (χ1) is 11.0. The van der Waals surface area contributed by atoms with Gasteiger partial charge in [-0.3, -0.25) is 9.59 Å². The van der Waals surface area contributed by atoms with Crippen LogP contribution in [-0.4, -0.2) is 48.0 Å². The number of nitrogens with one attached hydrogen (secondary N) is 1. The molecule has 1 atom stereocenters. The van der Waals surface area contributed by atoms with Crippen LogP contribution in [0.4, 0.5) is 0 Å². The molecular weight excluding hydrogens is 312 g/mol. The van der Waals surface area contributed by atoms with Crippen molar-refractivity contribution in [3.63, 3.8) is 0 Å². The monoisotopic (exact) mass is 336 g/mol. The number of ether oxygens (including phenoxy) is 1. The van der Waals surface area contributed by atoms with Gasteiger partial charge in [0.2, 0.25) is 11.8 Å². The van der Waals surface area contributed by atoms with Crippen molar-refractivity contribution in [1.82, 2.24) is 10.2 Å². The largest absolute Gasteiger partial charge is 0.497 e. The van der Waals surface area contributed by atoms with E-state index in [-0.39, 0.29) is 24.3 Å². The third-order valence-corrected chi connectivity index (χ3v) is 4.69. The summed E-state index contributed by atoms with van der Waals surface area (Å²) in [6, 6.07) is 7.11. The van der Waals surface area contributed by atoms with Crippen molar-refractivity contribution >= 4 is 23.6 Å². The second-order valence-electron chi connectivity index (χ2n) is 6.05. The summed E-state index contributed by atoms with van der Waals surface area (Å²) >= 11 is 1.62. The van der Waals surface area contributed by atoms with E-state index in [4.69, 9.17) is 4.74 Å². The summed E-state index contributed by atoms with van der Waals surface area (Å²) in [6.45, 7) is 4.74. The molecule has 1 heterocycles. The van der Waals surface area contributed by atoms with Crippen LogP contribution in [0.5, 0.6) is 5.75 Å². The van der Waals surface area contributed by atoms with E-state index in [0.717, 1.165) is 11.3 Å². The number of hydrogen-bond donors (Lipinski definition) is 1. The van der Waals surface area contributed by atoms with Crippen LogP contribution >= 0.6 is 11.8 Å². The average molecular weight is 336 g/mol.